The first kappa shape index (κ1) is 21.3. The molecule has 0 radical (unpaired) electrons. The number of unbranched alkanes of at least 4 members (excludes halogenated alkanes) is 1. The van der Waals surface area contributed by atoms with Gasteiger partial charge in [-0.05, 0) is 58.7 Å². The SMILES string of the molecule is CCCCNS(=O)(=O)c1cccc(NC(=O)COc2ccc(F)cc2Br)c1. The van der Waals surface area contributed by atoms with Crippen LogP contribution < -0.4 is 14.8 Å². The van der Waals surface area contributed by atoms with Crippen molar-refractivity contribution in [1.29, 1.82) is 0 Å². The van der Waals surface area contributed by atoms with Crippen LogP contribution in [0.25, 0.3) is 0 Å². The maximum Gasteiger partial charge on any atom is 0.262 e. The van der Waals surface area contributed by atoms with E-state index in [1.807, 2.05) is 6.92 Å². The molecule has 0 saturated heterocycles. The van der Waals surface area contributed by atoms with Gasteiger partial charge in [-0.1, -0.05) is 19.4 Å². The molecule has 1 amide bonds. The third-order valence-corrected chi connectivity index (χ3v) is 5.58. The molecular weight excluding hydrogens is 439 g/mol. The molecule has 2 aromatic carbocycles. The average Bonchev–Trinajstić information content (AvgIpc) is 2.61. The highest BCUT2D eigenvalue weighted by Crippen LogP contribution is 2.25. The molecule has 6 nitrogen and oxygen atoms in total. The van der Waals surface area contributed by atoms with Gasteiger partial charge in [0, 0.05) is 12.2 Å². The highest BCUT2D eigenvalue weighted by atomic mass is 79.9. The normalized spacial score (nSPS) is 11.2. The number of sulfonamides is 1. The molecule has 27 heavy (non-hydrogen) atoms. The van der Waals surface area contributed by atoms with Gasteiger partial charge < -0.3 is 10.1 Å². The third-order valence-electron chi connectivity index (χ3n) is 3.50. The lowest BCUT2D eigenvalue weighted by atomic mass is 10.3. The van der Waals surface area contributed by atoms with E-state index in [-0.39, 0.29) is 11.5 Å². The molecule has 0 saturated carbocycles. The minimum absolute atomic E-state index is 0.0681. The lowest BCUT2D eigenvalue weighted by Gasteiger charge is -2.11. The molecule has 0 aliphatic rings. The van der Waals surface area contributed by atoms with Crippen LogP contribution in [0.15, 0.2) is 51.8 Å². The molecule has 2 rings (SSSR count). The van der Waals surface area contributed by atoms with Crippen molar-refractivity contribution in [2.75, 3.05) is 18.5 Å². The van der Waals surface area contributed by atoms with Crippen molar-refractivity contribution < 1.29 is 22.3 Å². The summed E-state index contributed by atoms with van der Waals surface area (Å²) in [7, 11) is -3.63. The minimum Gasteiger partial charge on any atom is -0.483 e. The maximum atomic E-state index is 13.0. The van der Waals surface area contributed by atoms with Crippen LogP contribution in [0.5, 0.6) is 5.75 Å². The molecular formula is C18H20BrFN2O4S. The number of halogens is 2. The summed E-state index contributed by atoms with van der Waals surface area (Å²) in [5, 5.41) is 2.58. The molecule has 0 heterocycles. The molecule has 0 aliphatic heterocycles. The lowest BCUT2D eigenvalue weighted by molar-refractivity contribution is -0.118. The topological polar surface area (TPSA) is 84.5 Å². The Kier molecular flexibility index (Phi) is 7.76. The van der Waals surface area contributed by atoms with E-state index in [1.54, 1.807) is 12.1 Å². The second-order valence-electron chi connectivity index (χ2n) is 5.69. The fourth-order valence-corrected chi connectivity index (χ4v) is 3.73. The predicted molar refractivity (Wildman–Crippen MR) is 105 cm³/mol. The molecule has 2 N–H and O–H groups in total. The molecule has 0 bridgehead atoms. The Morgan fingerprint density at radius 2 is 2.00 bits per heavy atom. The van der Waals surface area contributed by atoms with E-state index in [2.05, 4.69) is 26.0 Å². The van der Waals surface area contributed by atoms with E-state index in [1.165, 1.54) is 30.3 Å². The zero-order valence-electron chi connectivity index (χ0n) is 14.7. The van der Waals surface area contributed by atoms with Crippen LogP contribution in [0.1, 0.15) is 19.8 Å². The number of carbonyl (C=O) groups excluding carboxylic acids is 1. The first-order valence-corrected chi connectivity index (χ1v) is 10.6. The Labute approximate surface area is 166 Å². The first-order chi connectivity index (χ1) is 12.8. The fourth-order valence-electron chi connectivity index (χ4n) is 2.14. The lowest BCUT2D eigenvalue weighted by Crippen LogP contribution is -2.25. The second-order valence-corrected chi connectivity index (χ2v) is 8.31. The molecule has 146 valence electrons. The number of ether oxygens (including phenoxy) is 1. The number of nitrogens with one attached hydrogen (secondary N) is 2. The summed E-state index contributed by atoms with van der Waals surface area (Å²) in [6.07, 6.45) is 1.62. The van der Waals surface area contributed by atoms with Gasteiger partial charge in [-0.25, -0.2) is 17.5 Å². The van der Waals surface area contributed by atoms with Gasteiger partial charge in [0.2, 0.25) is 10.0 Å². The summed E-state index contributed by atoms with van der Waals surface area (Å²) in [5.41, 5.74) is 0.333. The minimum atomic E-state index is -3.63. The standard InChI is InChI=1S/C18H20BrFN2O4S/c1-2-3-9-21-27(24,25)15-6-4-5-14(11-15)22-18(23)12-26-17-8-7-13(20)10-16(17)19/h4-8,10-11,21H,2-3,9,12H2,1H3,(H,22,23). The Balaban J connectivity index is 1.97. The second kappa shape index (κ2) is 9.82. The number of benzene rings is 2. The van der Waals surface area contributed by atoms with Gasteiger partial charge in [0.25, 0.3) is 5.91 Å². The number of anilines is 1. The van der Waals surface area contributed by atoms with Gasteiger partial charge in [0.1, 0.15) is 11.6 Å². The number of amides is 1. The van der Waals surface area contributed by atoms with Gasteiger partial charge >= 0.3 is 0 Å². The van der Waals surface area contributed by atoms with E-state index in [9.17, 15) is 17.6 Å². The summed E-state index contributed by atoms with van der Waals surface area (Å²) >= 11 is 3.15. The molecule has 0 fully saturated rings. The highest BCUT2D eigenvalue weighted by Gasteiger charge is 2.14. The van der Waals surface area contributed by atoms with Gasteiger partial charge in [0.05, 0.1) is 9.37 Å². The van der Waals surface area contributed by atoms with Crippen LogP contribution in [0.4, 0.5) is 10.1 Å². The van der Waals surface area contributed by atoms with E-state index in [0.29, 0.717) is 22.5 Å². The molecule has 0 aromatic heterocycles. The van der Waals surface area contributed by atoms with Crippen molar-refractivity contribution in [1.82, 2.24) is 4.72 Å². The van der Waals surface area contributed by atoms with Crippen molar-refractivity contribution in [3.8, 4) is 5.75 Å². The van der Waals surface area contributed by atoms with E-state index < -0.39 is 21.7 Å². The molecule has 0 aliphatic carbocycles. The number of hydrogen-bond donors (Lipinski definition) is 2. The first-order valence-electron chi connectivity index (χ1n) is 8.29. The van der Waals surface area contributed by atoms with E-state index in [0.717, 1.165) is 12.8 Å². The molecule has 0 atom stereocenters. The van der Waals surface area contributed by atoms with Crippen LogP contribution >= 0.6 is 15.9 Å². The van der Waals surface area contributed by atoms with Crippen LogP contribution in [0.2, 0.25) is 0 Å². The van der Waals surface area contributed by atoms with Gasteiger partial charge in [-0.3, -0.25) is 4.79 Å². The third kappa shape index (κ3) is 6.60. The maximum absolute atomic E-state index is 13.0. The smallest absolute Gasteiger partial charge is 0.262 e. The van der Waals surface area contributed by atoms with Crippen LogP contribution in [0, 0.1) is 5.82 Å². The Morgan fingerprint density at radius 3 is 2.70 bits per heavy atom. The van der Waals surface area contributed by atoms with Crippen molar-refractivity contribution in [2.24, 2.45) is 0 Å². The molecule has 0 spiro atoms. The fraction of sp³-hybridized carbons (Fsp3) is 0.278. The van der Waals surface area contributed by atoms with E-state index >= 15 is 0 Å². The molecule has 0 unspecified atom stereocenters. The Hall–Kier alpha value is -1.97. The monoisotopic (exact) mass is 458 g/mol. The molecule has 2 aromatic rings. The number of rotatable bonds is 9. The van der Waals surface area contributed by atoms with Crippen molar-refractivity contribution >= 4 is 37.5 Å². The van der Waals surface area contributed by atoms with Crippen molar-refractivity contribution in [2.45, 2.75) is 24.7 Å². The number of carbonyl (C=O) groups is 1. The summed E-state index contributed by atoms with van der Waals surface area (Å²) in [6.45, 7) is 2.02. The van der Waals surface area contributed by atoms with Gasteiger partial charge in [-0.2, -0.15) is 0 Å². The Morgan fingerprint density at radius 1 is 1.22 bits per heavy atom. The molecule has 9 heteroatoms. The van der Waals surface area contributed by atoms with Crippen molar-refractivity contribution in [3.05, 3.63) is 52.8 Å². The number of hydrogen-bond acceptors (Lipinski definition) is 4. The largest absolute Gasteiger partial charge is 0.483 e. The highest BCUT2D eigenvalue weighted by molar-refractivity contribution is 9.10. The zero-order valence-corrected chi connectivity index (χ0v) is 17.1. The average molecular weight is 459 g/mol. The zero-order chi connectivity index (χ0) is 19.9. The van der Waals surface area contributed by atoms with E-state index in [4.69, 9.17) is 4.74 Å². The van der Waals surface area contributed by atoms with Crippen molar-refractivity contribution in [3.63, 3.8) is 0 Å². The quantitative estimate of drug-likeness (QED) is 0.561. The van der Waals surface area contributed by atoms with Gasteiger partial charge in [0.15, 0.2) is 6.61 Å². The van der Waals surface area contributed by atoms with Crippen LogP contribution in [-0.2, 0) is 14.8 Å². The summed E-state index contributed by atoms with van der Waals surface area (Å²) in [5.74, 6) is -0.577. The van der Waals surface area contributed by atoms with Crippen LogP contribution in [0.3, 0.4) is 0 Å². The predicted octanol–water partition coefficient (Wildman–Crippen LogP) is 3.68. The summed E-state index contributed by atoms with van der Waals surface area (Å²) < 4.78 is 45.8. The Bertz CT molecular complexity index is 906. The van der Waals surface area contributed by atoms with Crippen LogP contribution in [-0.4, -0.2) is 27.5 Å². The summed E-state index contributed by atoms with van der Waals surface area (Å²) in [4.78, 5) is 12.1. The summed E-state index contributed by atoms with van der Waals surface area (Å²) in [6, 6.07) is 9.81. The van der Waals surface area contributed by atoms with Gasteiger partial charge in [-0.15, -0.1) is 0 Å².